The lowest BCUT2D eigenvalue weighted by atomic mass is 9.72. The average molecular weight is 484 g/mol. The van der Waals surface area contributed by atoms with Crippen molar-refractivity contribution in [2.24, 2.45) is 5.41 Å². The molecule has 1 spiro atoms. The Morgan fingerprint density at radius 1 is 1.09 bits per heavy atom. The Labute approximate surface area is 202 Å². The largest absolute Gasteiger partial charge is 0.457 e. The molecule has 0 bridgehead atoms. The number of ether oxygens (including phenoxy) is 1. The lowest BCUT2D eigenvalue weighted by molar-refractivity contribution is 0.0535. The standard InChI is InChI=1S/C26H33N3O4S/c1-19-20(4-6-22-23(19)17-33-25(22)30)8-13-28-14-10-26(11-15-28)9-3-12-29(18-26)24-7-5-21(16-27-24)34(2,31)32/h4-7,16H,3,8-15,17-18H2,1-2H3. The minimum atomic E-state index is -3.23. The second-order valence-corrected chi connectivity index (χ2v) is 12.2. The Morgan fingerprint density at radius 3 is 2.59 bits per heavy atom. The summed E-state index contributed by atoms with van der Waals surface area (Å²) in [7, 11) is -3.23. The number of hydrogen-bond donors (Lipinski definition) is 0. The molecule has 5 rings (SSSR count). The minimum absolute atomic E-state index is 0.200. The normalized spacial score (nSPS) is 20.4. The number of fused-ring (bicyclic) bond motifs is 1. The summed E-state index contributed by atoms with van der Waals surface area (Å²) < 4.78 is 28.7. The van der Waals surface area contributed by atoms with Gasteiger partial charge in [-0.25, -0.2) is 18.2 Å². The Bertz CT molecular complexity index is 1190. The van der Waals surface area contributed by atoms with Gasteiger partial charge in [0, 0.05) is 37.7 Å². The smallest absolute Gasteiger partial charge is 0.338 e. The van der Waals surface area contributed by atoms with Crippen molar-refractivity contribution < 1.29 is 17.9 Å². The number of cyclic esters (lactones) is 1. The van der Waals surface area contributed by atoms with Gasteiger partial charge in [0.1, 0.15) is 12.4 Å². The zero-order valence-corrected chi connectivity index (χ0v) is 20.9. The molecule has 0 unspecified atom stereocenters. The van der Waals surface area contributed by atoms with E-state index in [1.54, 1.807) is 6.07 Å². The lowest BCUT2D eigenvalue weighted by Crippen LogP contribution is -2.50. The number of anilines is 1. The fraction of sp³-hybridized carbons (Fsp3) is 0.538. The maximum atomic E-state index is 11.8. The molecule has 1 aromatic carbocycles. The van der Waals surface area contributed by atoms with Crippen LogP contribution in [0.4, 0.5) is 5.82 Å². The molecule has 2 aromatic rings. The van der Waals surface area contributed by atoms with Crippen LogP contribution in [0, 0.1) is 12.3 Å². The predicted octanol–water partition coefficient (Wildman–Crippen LogP) is 3.39. The van der Waals surface area contributed by atoms with Gasteiger partial charge in [0.25, 0.3) is 0 Å². The quantitative estimate of drug-likeness (QED) is 0.603. The maximum Gasteiger partial charge on any atom is 0.338 e. The van der Waals surface area contributed by atoms with Gasteiger partial charge in [-0.1, -0.05) is 6.07 Å². The number of nitrogens with zero attached hydrogens (tertiary/aromatic N) is 3. The van der Waals surface area contributed by atoms with Crippen LogP contribution < -0.4 is 4.90 Å². The van der Waals surface area contributed by atoms with Gasteiger partial charge in [0.2, 0.25) is 0 Å². The van der Waals surface area contributed by atoms with E-state index in [0.29, 0.717) is 12.0 Å². The molecule has 0 aliphatic carbocycles. The number of benzene rings is 1. The van der Waals surface area contributed by atoms with Crippen LogP contribution in [-0.2, 0) is 27.6 Å². The van der Waals surface area contributed by atoms with Crippen molar-refractivity contribution >= 4 is 21.6 Å². The predicted molar refractivity (Wildman–Crippen MR) is 131 cm³/mol. The molecule has 0 saturated carbocycles. The first-order chi connectivity index (χ1) is 16.2. The van der Waals surface area contributed by atoms with Crippen LogP contribution in [0.1, 0.15) is 52.7 Å². The van der Waals surface area contributed by atoms with Crippen molar-refractivity contribution in [2.75, 3.05) is 43.9 Å². The molecule has 0 N–H and O–H groups in total. The molecule has 34 heavy (non-hydrogen) atoms. The van der Waals surface area contributed by atoms with Crippen molar-refractivity contribution in [3.05, 3.63) is 52.7 Å². The molecule has 0 amide bonds. The van der Waals surface area contributed by atoms with E-state index in [9.17, 15) is 13.2 Å². The summed E-state index contributed by atoms with van der Waals surface area (Å²) in [6, 6.07) is 7.53. The van der Waals surface area contributed by atoms with Crippen LogP contribution in [-0.4, -0.2) is 63.3 Å². The molecule has 3 aliphatic heterocycles. The highest BCUT2D eigenvalue weighted by Gasteiger charge is 2.38. The third-order valence-corrected chi connectivity index (χ3v) is 9.12. The van der Waals surface area contributed by atoms with Crippen LogP contribution in [0.5, 0.6) is 0 Å². The second kappa shape index (κ2) is 8.96. The molecule has 182 valence electrons. The first-order valence-electron chi connectivity index (χ1n) is 12.2. The number of likely N-dealkylation sites (tertiary alicyclic amines) is 1. The fourth-order valence-corrected chi connectivity index (χ4v) is 6.35. The number of carbonyl (C=O) groups excluding carboxylic acids is 1. The monoisotopic (exact) mass is 483 g/mol. The summed E-state index contributed by atoms with van der Waals surface area (Å²) in [4.78, 5) is 21.4. The average Bonchev–Trinajstić information content (AvgIpc) is 3.21. The summed E-state index contributed by atoms with van der Waals surface area (Å²) in [6.45, 7) is 7.70. The number of rotatable bonds is 5. The number of pyridine rings is 1. The number of sulfone groups is 1. The van der Waals surface area contributed by atoms with Gasteiger partial charge in [-0.3, -0.25) is 0 Å². The van der Waals surface area contributed by atoms with E-state index in [4.69, 9.17) is 4.74 Å². The highest BCUT2D eigenvalue weighted by Crippen LogP contribution is 2.41. The minimum Gasteiger partial charge on any atom is -0.457 e. The maximum absolute atomic E-state index is 11.8. The van der Waals surface area contributed by atoms with Gasteiger partial charge in [0.05, 0.1) is 10.5 Å². The van der Waals surface area contributed by atoms with Crippen molar-refractivity contribution in [1.82, 2.24) is 9.88 Å². The van der Waals surface area contributed by atoms with Gasteiger partial charge < -0.3 is 14.5 Å². The third-order valence-electron chi connectivity index (χ3n) is 8.03. The van der Waals surface area contributed by atoms with Gasteiger partial charge in [-0.15, -0.1) is 0 Å². The molecule has 2 saturated heterocycles. The summed E-state index contributed by atoms with van der Waals surface area (Å²) in [6.07, 6.45) is 8.43. The lowest BCUT2D eigenvalue weighted by Gasteiger charge is -2.48. The van der Waals surface area contributed by atoms with E-state index in [0.717, 1.165) is 62.5 Å². The topological polar surface area (TPSA) is 79.8 Å². The molecule has 7 nitrogen and oxygen atoms in total. The Morgan fingerprint density at radius 2 is 1.88 bits per heavy atom. The van der Waals surface area contributed by atoms with Crippen LogP contribution in [0.3, 0.4) is 0 Å². The van der Waals surface area contributed by atoms with Gasteiger partial charge in [-0.2, -0.15) is 0 Å². The van der Waals surface area contributed by atoms with Crippen LogP contribution >= 0.6 is 0 Å². The van der Waals surface area contributed by atoms with Crippen molar-refractivity contribution in [2.45, 2.75) is 50.5 Å². The molecule has 8 heteroatoms. The zero-order chi connectivity index (χ0) is 23.9. The number of hydrogen-bond acceptors (Lipinski definition) is 7. The number of piperidine rings is 2. The second-order valence-electron chi connectivity index (χ2n) is 10.2. The molecule has 0 atom stereocenters. The molecule has 3 aliphatic rings. The van der Waals surface area contributed by atoms with Crippen molar-refractivity contribution in [3.63, 3.8) is 0 Å². The fourth-order valence-electron chi connectivity index (χ4n) is 5.79. The van der Waals surface area contributed by atoms with Crippen LogP contribution in [0.25, 0.3) is 0 Å². The Hall–Kier alpha value is -2.45. The Balaban J connectivity index is 1.17. The van der Waals surface area contributed by atoms with Gasteiger partial charge >= 0.3 is 5.97 Å². The molecular formula is C26H33N3O4S. The first-order valence-corrected chi connectivity index (χ1v) is 14.1. The molecule has 1 aromatic heterocycles. The zero-order valence-electron chi connectivity index (χ0n) is 20.0. The van der Waals surface area contributed by atoms with E-state index in [1.807, 2.05) is 12.1 Å². The van der Waals surface area contributed by atoms with E-state index in [2.05, 4.69) is 27.8 Å². The van der Waals surface area contributed by atoms with Crippen molar-refractivity contribution in [1.29, 1.82) is 0 Å². The molecule has 0 radical (unpaired) electrons. The molecule has 2 fully saturated rings. The van der Waals surface area contributed by atoms with E-state index >= 15 is 0 Å². The number of aromatic nitrogens is 1. The number of esters is 1. The first kappa shape index (κ1) is 23.3. The van der Waals surface area contributed by atoms with Crippen molar-refractivity contribution in [3.8, 4) is 0 Å². The van der Waals surface area contributed by atoms with E-state index < -0.39 is 9.84 Å². The SMILES string of the molecule is Cc1c(CCN2CCC3(CCCN(c4ccc(S(C)(=O)=O)cn4)C3)CC2)ccc2c1COC2=O. The summed E-state index contributed by atoms with van der Waals surface area (Å²) in [5.74, 6) is 0.678. The third kappa shape index (κ3) is 4.58. The van der Waals surface area contributed by atoms with Gasteiger partial charge in [0.15, 0.2) is 9.84 Å². The summed E-state index contributed by atoms with van der Waals surface area (Å²) >= 11 is 0. The summed E-state index contributed by atoms with van der Waals surface area (Å²) in [5.41, 5.74) is 4.61. The number of carbonyl (C=O) groups is 1. The van der Waals surface area contributed by atoms with E-state index in [-0.39, 0.29) is 10.9 Å². The highest BCUT2D eigenvalue weighted by atomic mass is 32.2. The van der Waals surface area contributed by atoms with Crippen LogP contribution in [0.15, 0.2) is 35.4 Å². The summed E-state index contributed by atoms with van der Waals surface area (Å²) in [5, 5.41) is 0. The molecular weight excluding hydrogens is 450 g/mol. The molecule has 4 heterocycles. The van der Waals surface area contributed by atoms with Gasteiger partial charge in [-0.05, 0) is 86.9 Å². The van der Waals surface area contributed by atoms with E-state index in [1.165, 1.54) is 42.8 Å². The Kier molecular flexibility index (Phi) is 6.14. The highest BCUT2D eigenvalue weighted by molar-refractivity contribution is 7.90. The van der Waals surface area contributed by atoms with Crippen LogP contribution in [0.2, 0.25) is 0 Å².